The summed E-state index contributed by atoms with van der Waals surface area (Å²) in [7, 11) is 0. The van der Waals surface area contributed by atoms with Gasteiger partial charge in [0.15, 0.2) is 0 Å². The highest BCUT2D eigenvalue weighted by molar-refractivity contribution is 6.03. The molecule has 1 aliphatic heterocycles. The van der Waals surface area contributed by atoms with Gasteiger partial charge in [-0.1, -0.05) is 54.6 Å². The molecule has 0 N–H and O–H groups in total. The Morgan fingerprint density at radius 2 is 1.65 bits per heavy atom. The molecule has 1 atom stereocenters. The number of nitrogens with zero attached hydrogens (tertiary/aromatic N) is 2. The van der Waals surface area contributed by atoms with E-state index in [9.17, 15) is 4.79 Å². The zero-order valence-electron chi connectivity index (χ0n) is 19.2. The molecule has 2 aliphatic rings. The van der Waals surface area contributed by atoms with Crippen molar-refractivity contribution in [2.45, 2.75) is 70.4 Å². The highest BCUT2D eigenvalue weighted by Crippen LogP contribution is 2.45. The van der Waals surface area contributed by atoms with Crippen molar-refractivity contribution in [1.29, 1.82) is 0 Å². The summed E-state index contributed by atoms with van der Waals surface area (Å²) < 4.78 is 5.59. The number of piperidine rings is 1. The molecule has 1 fully saturated rings. The van der Waals surface area contributed by atoms with Gasteiger partial charge in [-0.15, -0.1) is 0 Å². The van der Waals surface area contributed by atoms with Crippen molar-refractivity contribution in [3.8, 4) is 0 Å². The van der Waals surface area contributed by atoms with Crippen LogP contribution in [0.3, 0.4) is 0 Å². The van der Waals surface area contributed by atoms with Crippen LogP contribution in [0.4, 0.5) is 4.79 Å². The van der Waals surface area contributed by atoms with Gasteiger partial charge >= 0.3 is 6.09 Å². The molecule has 0 unspecified atom stereocenters. The maximum Gasteiger partial charge on any atom is 0.410 e. The number of aliphatic imine (C=N–C) groups is 1. The van der Waals surface area contributed by atoms with Crippen molar-refractivity contribution < 1.29 is 9.53 Å². The minimum absolute atomic E-state index is 0.129. The van der Waals surface area contributed by atoms with E-state index in [0.717, 1.165) is 38.8 Å². The van der Waals surface area contributed by atoms with Crippen molar-refractivity contribution in [2.24, 2.45) is 4.99 Å². The quantitative estimate of drug-likeness (QED) is 0.574. The van der Waals surface area contributed by atoms with E-state index in [1.54, 1.807) is 0 Å². The second kappa shape index (κ2) is 8.49. The van der Waals surface area contributed by atoms with Crippen LogP contribution in [-0.2, 0) is 10.2 Å². The van der Waals surface area contributed by atoms with Gasteiger partial charge in [0.1, 0.15) is 5.60 Å². The van der Waals surface area contributed by atoms with E-state index in [1.165, 1.54) is 22.4 Å². The predicted molar refractivity (Wildman–Crippen MR) is 126 cm³/mol. The first-order valence-corrected chi connectivity index (χ1v) is 11.5. The van der Waals surface area contributed by atoms with Gasteiger partial charge in [-0.3, -0.25) is 4.99 Å². The fraction of sp³-hybridized carbons (Fsp3) is 0.481. The number of hydrogen-bond acceptors (Lipinski definition) is 3. The van der Waals surface area contributed by atoms with Gasteiger partial charge in [-0.05, 0) is 75.5 Å². The second-order valence-corrected chi connectivity index (χ2v) is 9.96. The van der Waals surface area contributed by atoms with Crippen LogP contribution in [0.15, 0.2) is 59.6 Å². The third-order valence-electron chi connectivity index (χ3n) is 6.65. The third kappa shape index (κ3) is 4.68. The molecule has 31 heavy (non-hydrogen) atoms. The van der Waals surface area contributed by atoms with Crippen LogP contribution < -0.4 is 0 Å². The zero-order valence-corrected chi connectivity index (χ0v) is 19.2. The van der Waals surface area contributed by atoms with Crippen molar-refractivity contribution in [3.63, 3.8) is 0 Å². The van der Waals surface area contributed by atoms with Crippen molar-refractivity contribution in [1.82, 2.24) is 4.90 Å². The standard InChI is InChI=1S/C27H34N2O2/c1-20(21-10-6-5-7-11-21)28-24-14-15-27(23-13-9-8-12-22(23)24)16-18-29(19-17-27)25(30)31-26(2,3)4/h5-13,20H,14-19H2,1-4H3/b28-24+/t20-/m0/s1. The van der Waals surface area contributed by atoms with Crippen LogP contribution in [0.5, 0.6) is 0 Å². The largest absolute Gasteiger partial charge is 0.444 e. The summed E-state index contributed by atoms with van der Waals surface area (Å²) in [5.74, 6) is 0. The molecule has 1 saturated heterocycles. The average Bonchev–Trinajstić information content (AvgIpc) is 2.76. The Balaban J connectivity index is 1.54. The van der Waals surface area contributed by atoms with Crippen molar-refractivity contribution in [3.05, 3.63) is 71.3 Å². The molecule has 2 aromatic rings. The Kier molecular flexibility index (Phi) is 5.92. The first-order chi connectivity index (χ1) is 14.8. The predicted octanol–water partition coefficient (Wildman–Crippen LogP) is 6.30. The third-order valence-corrected chi connectivity index (χ3v) is 6.65. The number of hydrogen-bond donors (Lipinski definition) is 0. The molecule has 1 aliphatic carbocycles. The second-order valence-electron chi connectivity index (χ2n) is 9.96. The molecule has 0 bridgehead atoms. The van der Waals surface area contributed by atoms with Gasteiger partial charge in [0.05, 0.1) is 6.04 Å². The lowest BCUT2D eigenvalue weighted by molar-refractivity contribution is 0.0158. The summed E-state index contributed by atoms with van der Waals surface area (Å²) in [6, 6.07) is 19.4. The SMILES string of the molecule is C[C@H](/N=C1\CCC2(CCN(C(=O)OC(C)(C)C)CC2)c2ccccc21)c1ccccc1. The Bertz CT molecular complexity index is 951. The molecule has 0 saturated carbocycles. The van der Waals surface area contributed by atoms with Crippen LogP contribution in [-0.4, -0.2) is 35.4 Å². The monoisotopic (exact) mass is 418 g/mol. The molecule has 0 radical (unpaired) electrons. The van der Waals surface area contributed by atoms with Crippen LogP contribution >= 0.6 is 0 Å². The fourth-order valence-electron chi connectivity index (χ4n) is 4.96. The first-order valence-electron chi connectivity index (χ1n) is 11.5. The lowest BCUT2D eigenvalue weighted by Crippen LogP contribution is -2.48. The number of amides is 1. The Morgan fingerprint density at radius 3 is 2.32 bits per heavy atom. The molecule has 1 amide bonds. The van der Waals surface area contributed by atoms with Gasteiger partial charge in [0, 0.05) is 18.8 Å². The molecule has 1 heterocycles. The van der Waals surface area contributed by atoms with Crippen molar-refractivity contribution in [2.75, 3.05) is 13.1 Å². The summed E-state index contributed by atoms with van der Waals surface area (Å²) in [6.07, 6.45) is 3.84. The maximum absolute atomic E-state index is 12.5. The van der Waals surface area contributed by atoms with Gasteiger partial charge < -0.3 is 9.64 Å². The minimum atomic E-state index is -0.454. The highest BCUT2D eigenvalue weighted by Gasteiger charge is 2.42. The number of rotatable bonds is 2. The van der Waals surface area contributed by atoms with Gasteiger partial charge in [-0.2, -0.15) is 0 Å². The van der Waals surface area contributed by atoms with Gasteiger partial charge in [0.25, 0.3) is 0 Å². The number of fused-ring (bicyclic) bond motifs is 2. The Hall–Kier alpha value is -2.62. The fourth-order valence-corrected chi connectivity index (χ4v) is 4.96. The molecule has 4 rings (SSSR count). The molecule has 2 aromatic carbocycles. The van der Waals surface area contributed by atoms with Crippen LogP contribution in [0.25, 0.3) is 0 Å². The van der Waals surface area contributed by atoms with Crippen LogP contribution in [0.2, 0.25) is 0 Å². The lowest BCUT2D eigenvalue weighted by atomic mass is 9.64. The number of benzene rings is 2. The summed E-state index contributed by atoms with van der Waals surface area (Å²) >= 11 is 0. The topological polar surface area (TPSA) is 41.9 Å². The average molecular weight is 419 g/mol. The van der Waals surface area contributed by atoms with Crippen molar-refractivity contribution >= 4 is 11.8 Å². The molecular formula is C27H34N2O2. The summed E-state index contributed by atoms with van der Waals surface area (Å²) in [4.78, 5) is 19.5. The van der Waals surface area contributed by atoms with E-state index in [4.69, 9.17) is 9.73 Å². The van der Waals surface area contributed by atoms with E-state index in [-0.39, 0.29) is 17.6 Å². The smallest absolute Gasteiger partial charge is 0.410 e. The number of carbonyl (C=O) groups is 1. The minimum Gasteiger partial charge on any atom is -0.444 e. The zero-order chi connectivity index (χ0) is 22.1. The van der Waals surface area contributed by atoms with Gasteiger partial charge in [-0.25, -0.2) is 4.79 Å². The van der Waals surface area contributed by atoms with E-state index >= 15 is 0 Å². The van der Waals surface area contributed by atoms with E-state index < -0.39 is 5.60 Å². The lowest BCUT2D eigenvalue weighted by Gasteiger charge is -2.45. The molecule has 0 aromatic heterocycles. The number of carbonyl (C=O) groups excluding carboxylic acids is 1. The molecule has 4 nitrogen and oxygen atoms in total. The Labute approximate surface area is 186 Å². The molecule has 164 valence electrons. The first kappa shape index (κ1) is 21.6. The summed E-state index contributed by atoms with van der Waals surface area (Å²) in [6.45, 7) is 9.43. The van der Waals surface area contributed by atoms with E-state index in [0.29, 0.717) is 0 Å². The number of ether oxygens (including phenoxy) is 1. The molecule has 1 spiro atoms. The molecule has 4 heteroatoms. The van der Waals surface area contributed by atoms with E-state index in [2.05, 4.69) is 55.5 Å². The maximum atomic E-state index is 12.5. The van der Waals surface area contributed by atoms with Crippen LogP contribution in [0.1, 0.15) is 76.1 Å². The normalized spacial score (nSPS) is 20.4. The highest BCUT2D eigenvalue weighted by atomic mass is 16.6. The summed E-state index contributed by atoms with van der Waals surface area (Å²) in [5.41, 5.74) is 4.84. The van der Waals surface area contributed by atoms with Gasteiger partial charge in [0.2, 0.25) is 0 Å². The summed E-state index contributed by atoms with van der Waals surface area (Å²) in [5, 5.41) is 0. The van der Waals surface area contributed by atoms with Crippen LogP contribution in [0, 0.1) is 0 Å². The Morgan fingerprint density at radius 1 is 1.00 bits per heavy atom. The molecular weight excluding hydrogens is 384 g/mol. The van der Waals surface area contributed by atoms with E-state index in [1.807, 2.05) is 31.7 Å². The number of likely N-dealkylation sites (tertiary alicyclic amines) is 1.